The Labute approximate surface area is 92.0 Å². The van der Waals surface area contributed by atoms with Crippen molar-refractivity contribution in [1.82, 2.24) is 10.6 Å². The van der Waals surface area contributed by atoms with Crippen LogP contribution >= 0.6 is 0 Å². The Balaban J connectivity index is 1.69. The van der Waals surface area contributed by atoms with Crippen LogP contribution < -0.4 is 10.6 Å². The molecule has 2 aliphatic rings. The molecule has 1 saturated heterocycles. The van der Waals surface area contributed by atoms with Crippen LogP contribution in [0.15, 0.2) is 0 Å². The van der Waals surface area contributed by atoms with Gasteiger partial charge in [0.15, 0.2) is 0 Å². The van der Waals surface area contributed by atoms with E-state index >= 15 is 0 Å². The van der Waals surface area contributed by atoms with Crippen LogP contribution in [0, 0.1) is 11.8 Å². The molecule has 0 bridgehead atoms. The van der Waals surface area contributed by atoms with E-state index in [4.69, 9.17) is 0 Å². The zero-order valence-electron chi connectivity index (χ0n) is 9.59. The van der Waals surface area contributed by atoms with Crippen molar-refractivity contribution < 1.29 is 4.79 Å². The first kappa shape index (κ1) is 10.9. The molecule has 3 heteroatoms. The van der Waals surface area contributed by atoms with E-state index in [-0.39, 0.29) is 11.8 Å². The summed E-state index contributed by atoms with van der Waals surface area (Å²) in [5.41, 5.74) is 0. The van der Waals surface area contributed by atoms with E-state index in [1.54, 1.807) is 0 Å². The van der Waals surface area contributed by atoms with Crippen molar-refractivity contribution in [3.63, 3.8) is 0 Å². The third-order valence-corrected chi connectivity index (χ3v) is 3.44. The van der Waals surface area contributed by atoms with E-state index in [0.29, 0.717) is 6.04 Å². The minimum atomic E-state index is 0.209. The molecular formula is C12H22N2O. The zero-order valence-corrected chi connectivity index (χ0v) is 9.59. The average molecular weight is 210 g/mol. The van der Waals surface area contributed by atoms with Crippen molar-refractivity contribution in [3.05, 3.63) is 0 Å². The number of piperidine rings is 1. The second-order valence-electron chi connectivity index (χ2n) is 5.13. The molecule has 1 unspecified atom stereocenters. The predicted octanol–water partition coefficient (Wildman–Crippen LogP) is 1.29. The summed E-state index contributed by atoms with van der Waals surface area (Å²) in [6, 6.07) is 0.368. The summed E-state index contributed by atoms with van der Waals surface area (Å²) < 4.78 is 0. The van der Waals surface area contributed by atoms with E-state index in [9.17, 15) is 4.79 Å². The van der Waals surface area contributed by atoms with Gasteiger partial charge in [-0.15, -0.1) is 0 Å². The minimum Gasteiger partial charge on any atom is -0.353 e. The largest absolute Gasteiger partial charge is 0.353 e. The Morgan fingerprint density at radius 1 is 1.47 bits per heavy atom. The Bertz CT molecular complexity index is 220. The maximum absolute atomic E-state index is 11.9. The molecule has 1 heterocycles. The molecule has 86 valence electrons. The van der Waals surface area contributed by atoms with Gasteiger partial charge in [0.25, 0.3) is 0 Å². The third-order valence-electron chi connectivity index (χ3n) is 3.44. The molecule has 2 N–H and O–H groups in total. The number of rotatable bonds is 4. The molecule has 15 heavy (non-hydrogen) atoms. The van der Waals surface area contributed by atoms with Gasteiger partial charge in [-0.1, -0.05) is 12.8 Å². The monoisotopic (exact) mass is 210 g/mol. The SMILES string of the molecule is CC(CC1CC1)NC(=O)[C@@H]1CCCNC1. The van der Waals surface area contributed by atoms with E-state index in [1.807, 2.05) is 0 Å². The fourth-order valence-electron chi connectivity index (χ4n) is 2.35. The van der Waals surface area contributed by atoms with Crippen molar-refractivity contribution in [2.45, 2.75) is 45.1 Å². The maximum atomic E-state index is 11.9. The normalized spacial score (nSPS) is 28.5. The zero-order chi connectivity index (χ0) is 10.7. The minimum absolute atomic E-state index is 0.209. The van der Waals surface area contributed by atoms with Crippen LogP contribution in [0.25, 0.3) is 0 Å². The van der Waals surface area contributed by atoms with Crippen LogP contribution in [0.2, 0.25) is 0 Å². The molecule has 2 rings (SSSR count). The molecule has 0 aromatic heterocycles. The van der Waals surface area contributed by atoms with E-state index in [0.717, 1.165) is 31.8 Å². The highest BCUT2D eigenvalue weighted by Crippen LogP contribution is 2.33. The number of amides is 1. The molecule has 1 aliphatic carbocycles. The van der Waals surface area contributed by atoms with E-state index < -0.39 is 0 Å². The van der Waals surface area contributed by atoms with Crippen molar-refractivity contribution in [1.29, 1.82) is 0 Å². The Hall–Kier alpha value is -0.570. The van der Waals surface area contributed by atoms with Gasteiger partial charge in [0.05, 0.1) is 5.92 Å². The summed E-state index contributed by atoms with van der Waals surface area (Å²) in [6.07, 6.45) is 6.09. The van der Waals surface area contributed by atoms with Crippen molar-refractivity contribution in [2.24, 2.45) is 11.8 Å². The van der Waals surface area contributed by atoms with Gasteiger partial charge in [-0.2, -0.15) is 0 Å². The first-order chi connectivity index (χ1) is 7.25. The van der Waals surface area contributed by atoms with Crippen LogP contribution in [0.4, 0.5) is 0 Å². The summed E-state index contributed by atoms with van der Waals surface area (Å²) in [7, 11) is 0. The highest BCUT2D eigenvalue weighted by molar-refractivity contribution is 5.79. The average Bonchev–Trinajstić information content (AvgIpc) is 3.03. The molecule has 3 nitrogen and oxygen atoms in total. The fourth-order valence-corrected chi connectivity index (χ4v) is 2.35. The van der Waals surface area contributed by atoms with Crippen molar-refractivity contribution in [2.75, 3.05) is 13.1 Å². The van der Waals surface area contributed by atoms with Gasteiger partial charge in [0.1, 0.15) is 0 Å². The van der Waals surface area contributed by atoms with Gasteiger partial charge in [-0.3, -0.25) is 4.79 Å². The second-order valence-corrected chi connectivity index (χ2v) is 5.13. The highest BCUT2D eigenvalue weighted by Gasteiger charge is 2.26. The Morgan fingerprint density at radius 2 is 2.27 bits per heavy atom. The molecule has 1 saturated carbocycles. The van der Waals surface area contributed by atoms with Crippen molar-refractivity contribution >= 4 is 5.91 Å². The smallest absolute Gasteiger partial charge is 0.224 e. The summed E-state index contributed by atoms with van der Waals surface area (Å²) in [6.45, 7) is 4.07. The molecular weight excluding hydrogens is 188 g/mol. The van der Waals surface area contributed by atoms with Gasteiger partial charge in [-0.25, -0.2) is 0 Å². The third kappa shape index (κ3) is 3.49. The van der Waals surface area contributed by atoms with E-state index in [2.05, 4.69) is 17.6 Å². The predicted molar refractivity (Wildman–Crippen MR) is 60.5 cm³/mol. The van der Waals surface area contributed by atoms with Gasteiger partial charge in [0.2, 0.25) is 5.91 Å². The van der Waals surface area contributed by atoms with Gasteiger partial charge < -0.3 is 10.6 Å². The maximum Gasteiger partial charge on any atom is 0.224 e. The summed E-state index contributed by atoms with van der Waals surface area (Å²) >= 11 is 0. The van der Waals surface area contributed by atoms with Crippen LogP contribution in [-0.4, -0.2) is 25.0 Å². The molecule has 2 fully saturated rings. The van der Waals surface area contributed by atoms with Crippen LogP contribution in [0.1, 0.15) is 39.0 Å². The number of carbonyl (C=O) groups excluding carboxylic acids is 1. The fraction of sp³-hybridized carbons (Fsp3) is 0.917. The number of carbonyl (C=O) groups is 1. The first-order valence-electron chi connectivity index (χ1n) is 6.27. The summed E-state index contributed by atoms with van der Waals surface area (Å²) in [5.74, 6) is 1.36. The van der Waals surface area contributed by atoms with Crippen LogP contribution in [0.5, 0.6) is 0 Å². The standard InChI is InChI=1S/C12H22N2O/c1-9(7-10-4-5-10)14-12(15)11-3-2-6-13-8-11/h9-11,13H,2-8H2,1H3,(H,14,15)/t9?,11-/m1/s1. The lowest BCUT2D eigenvalue weighted by molar-refractivity contribution is -0.126. The summed E-state index contributed by atoms with van der Waals surface area (Å²) in [4.78, 5) is 11.9. The number of hydrogen-bond acceptors (Lipinski definition) is 2. The van der Waals surface area contributed by atoms with Gasteiger partial charge >= 0.3 is 0 Å². The Kier molecular flexibility index (Phi) is 3.62. The van der Waals surface area contributed by atoms with Crippen LogP contribution in [-0.2, 0) is 4.79 Å². The molecule has 0 aromatic carbocycles. The Morgan fingerprint density at radius 3 is 2.87 bits per heavy atom. The summed E-state index contributed by atoms with van der Waals surface area (Å²) in [5, 5.41) is 6.42. The topological polar surface area (TPSA) is 41.1 Å². The number of nitrogens with one attached hydrogen (secondary N) is 2. The van der Waals surface area contributed by atoms with Crippen molar-refractivity contribution in [3.8, 4) is 0 Å². The second kappa shape index (κ2) is 4.97. The lowest BCUT2D eigenvalue weighted by Crippen LogP contribution is -2.43. The lowest BCUT2D eigenvalue weighted by atomic mass is 9.98. The van der Waals surface area contributed by atoms with E-state index in [1.165, 1.54) is 19.3 Å². The molecule has 0 aromatic rings. The van der Waals surface area contributed by atoms with Gasteiger partial charge in [0, 0.05) is 12.6 Å². The first-order valence-corrected chi connectivity index (χ1v) is 6.27. The molecule has 0 radical (unpaired) electrons. The van der Waals surface area contributed by atoms with Gasteiger partial charge in [-0.05, 0) is 38.6 Å². The van der Waals surface area contributed by atoms with Crippen LogP contribution in [0.3, 0.4) is 0 Å². The molecule has 1 aliphatic heterocycles. The number of hydrogen-bond donors (Lipinski definition) is 2. The highest BCUT2D eigenvalue weighted by atomic mass is 16.1. The molecule has 2 atom stereocenters. The molecule has 0 spiro atoms. The molecule has 1 amide bonds. The quantitative estimate of drug-likeness (QED) is 0.734. The lowest BCUT2D eigenvalue weighted by Gasteiger charge is -2.24.